The third-order valence-corrected chi connectivity index (χ3v) is 2.91. The minimum absolute atomic E-state index is 0. The second kappa shape index (κ2) is 5.06. The Hall–Kier alpha value is -1.18. The molecule has 0 aliphatic carbocycles. The molecule has 2 rings (SSSR count). The molecule has 0 bridgehead atoms. The van der Waals surface area contributed by atoms with Crippen molar-refractivity contribution in [2.45, 2.75) is 46.1 Å². The van der Waals surface area contributed by atoms with Gasteiger partial charge < -0.3 is 0 Å². The Balaban J connectivity index is 0.00000112. The van der Waals surface area contributed by atoms with Crippen molar-refractivity contribution in [3.63, 3.8) is 0 Å². The SMILES string of the molecule is C.CCC1=[NH+][C@@H](C)C[C@@H]1c1cccnc1. The molecule has 1 N–H and O–H groups in total. The van der Waals surface area contributed by atoms with Gasteiger partial charge in [-0.1, -0.05) is 20.4 Å². The zero-order valence-electron chi connectivity index (χ0n) is 8.83. The minimum atomic E-state index is 0. The lowest BCUT2D eigenvalue weighted by Gasteiger charge is -2.07. The van der Waals surface area contributed by atoms with Crippen molar-refractivity contribution in [2.24, 2.45) is 0 Å². The molecule has 2 heterocycles. The highest BCUT2D eigenvalue weighted by atomic mass is 14.8. The predicted molar refractivity (Wildman–Crippen MR) is 64.0 cm³/mol. The Morgan fingerprint density at radius 3 is 2.93 bits per heavy atom. The fraction of sp³-hybridized carbons (Fsp3) is 0.538. The Bertz CT molecular complexity index is 330. The van der Waals surface area contributed by atoms with Crippen molar-refractivity contribution < 1.29 is 4.99 Å². The third-order valence-electron chi connectivity index (χ3n) is 2.91. The largest absolute Gasteiger partial charge is 0.264 e. The summed E-state index contributed by atoms with van der Waals surface area (Å²) < 4.78 is 0. The fourth-order valence-corrected chi connectivity index (χ4v) is 2.24. The van der Waals surface area contributed by atoms with Gasteiger partial charge in [-0.2, -0.15) is 0 Å². The van der Waals surface area contributed by atoms with Crippen LogP contribution in [0.4, 0.5) is 0 Å². The van der Waals surface area contributed by atoms with E-state index < -0.39 is 0 Å². The molecular formula is C13H21N2+. The average molecular weight is 205 g/mol. The Morgan fingerprint density at radius 1 is 1.53 bits per heavy atom. The number of nitrogens with zero attached hydrogens (tertiary/aromatic N) is 1. The zero-order chi connectivity index (χ0) is 9.97. The van der Waals surface area contributed by atoms with Crippen LogP contribution in [0.15, 0.2) is 24.5 Å². The Morgan fingerprint density at radius 2 is 2.33 bits per heavy atom. The molecule has 2 heteroatoms. The first-order valence-electron chi connectivity index (χ1n) is 5.33. The van der Waals surface area contributed by atoms with E-state index in [-0.39, 0.29) is 7.43 Å². The highest BCUT2D eigenvalue weighted by molar-refractivity contribution is 5.86. The average Bonchev–Trinajstić information content (AvgIpc) is 2.61. The fourth-order valence-electron chi connectivity index (χ4n) is 2.24. The minimum Gasteiger partial charge on any atom is -0.264 e. The molecule has 1 aliphatic heterocycles. The van der Waals surface area contributed by atoms with Crippen LogP contribution in [0.2, 0.25) is 0 Å². The van der Waals surface area contributed by atoms with Crippen LogP contribution in [-0.2, 0) is 0 Å². The van der Waals surface area contributed by atoms with Crippen molar-refractivity contribution in [1.82, 2.24) is 4.98 Å². The van der Waals surface area contributed by atoms with Crippen LogP contribution in [0.25, 0.3) is 0 Å². The number of aromatic nitrogens is 1. The predicted octanol–water partition coefficient (Wildman–Crippen LogP) is 1.53. The molecule has 15 heavy (non-hydrogen) atoms. The second-order valence-corrected chi connectivity index (χ2v) is 4.00. The monoisotopic (exact) mass is 205 g/mol. The number of rotatable bonds is 2. The van der Waals surface area contributed by atoms with Crippen LogP contribution < -0.4 is 4.99 Å². The smallest absolute Gasteiger partial charge is 0.158 e. The molecule has 2 atom stereocenters. The first kappa shape index (κ1) is 11.9. The first-order chi connectivity index (χ1) is 6.81. The van der Waals surface area contributed by atoms with Gasteiger partial charge in [0.1, 0.15) is 6.04 Å². The van der Waals surface area contributed by atoms with E-state index in [2.05, 4.69) is 29.9 Å². The van der Waals surface area contributed by atoms with Gasteiger partial charge in [0.2, 0.25) is 0 Å². The van der Waals surface area contributed by atoms with Gasteiger partial charge in [0.25, 0.3) is 0 Å². The van der Waals surface area contributed by atoms with Crippen LogP contribution in [0.1, 0.15) is 45.6 Å². The third kappa shape index (κ3) is 2.44. The summed E-state index contributed by atoms with van der Waals surface area (Å²) in [4.78, 5) is 7.72. The molecule has 1 aliphatic rings. The highest BCUT2D eigenvalue weighted by Gasteiger charge is 2.31. The van der Waals surface area contributed by atoms with E-state index in [0.29, 0.717) is 12.0 Å². The lowest BCUT2D eigenvalue weighted by molar-refractivity contribution is -0.489. The van der Waals surface area contributed by atoms with Gasteiger partial charge in [0, 0.05) is 25.2 Å². The van der Waals surface area contributed by atoms with E-state index in [1.807, 2.05) is 18.5 Å². The summed E-state index contributed by atoms with van der Waals surface area (Å²) in [5.41, 5.74) is 2.81. The van der Waals surface area contributed by atoms with E-state index >= 15 is 0 Å². The molecule has 0 saturated heterocycles. The quantitative estimate of drug-likeness (QED) is 0.778. The maximum Gasteiger partial charge on any atom is 0.158 e. The molecule has 2 nitrogen and oxygen atoms in total. The summed E-state index contributed by atoms with van der Waals surface area (Å²) >= 11 is 0. The molecule has 1 aromatic rings. The summed E-state index contributed by atoms with van der Waals surface area (Å²) in [6.07, 6.45) is 6.14. The maximum atomic E-state index is 4.18. The molecule has 0 fully saturated rings. The molecule has 0 aromatic carbocycles. The molecular weight excluding hydrogens is 184 g/mol. The lowest BCUT2D eigenvalue weighted by Crippen LogP contribution is -2.75. The molecule has 0 radical (unpaired) electrons. The van der Waals surface area contributed by atoms with E-state index in [1.165, 1.54) is 17.7 Å². The van der Waals surface area contributed by atoms with Crippen LogP contribution >= 0.6 is 0 Å². The van der Waals surface area contributed by atoms with E-state index in [9.17, 15) is 0 Å². The van der Waals surface area contributed by atoms with Gasteiger partial charge in [-0.15, -0.1) is 0 Å². The van der Waals surface area contributed by atoms with Gasteiger partial charge in [-0.3, -0.25) is 4.98 Å². The van der Waals surface area contributed by atoms with Crippen molar-refractivity contribution in [3.05, 3.63) is 30.1 Å². The van der Waals surface area contributed by atoms with E-state index in [4.69, 9.17) is 0 Å². The van der Waals surface area contributed by atoms with Crippen molar-refractivity contribution in [3.8, 4) is 0 Å². The van der Waals surface area contributed by atoms with E-state index in [0.717, 1.165) is 6.42 Å². The highest BCUT2D eigenvalue weighted by Crippen LogP contribution is 2.23. The summed E-state index contributed by atoms with van der Waals surface area (Å²) in [5.74, 6) is 0.573. The van der Waals surface area contributed by atoms with Crippen LogP contribution in [0.3, 0.4) is 0 Å². The van der Waals surface area contributed by atoms with Gasteiger partial charge >= 0.3 is 0 Å². The van der Waals surface area contributed by atoms with Crippen LogP contribution in [0, 0.1) is 0 Å². The van der Waals surface area contributed by atoms with Gasteiger partial charge in [0.15, 0.2) is 5.71 Å². The first-order valence-corrected chi connectivity index (χ1v) is 5.33. The van der Waals surface area contributed by atoms with E-state index in [1.54, 1.807) is 0 Å². The molecule has 0 spiro atoms. The topological polar surface area (TPSA) is 26.9 Å². The molecule has 0 saturated carbocycles. The molecule has 1 aromatic heterocycles. The number of nitrogens with one attached hydrogen (secondary N) is 1. The van der Waals surface area contributed by atoms with Crippen molar-refractivity contribution in [2.75, 3.05) is 0 Å². The second-order valence-electron chi connectivity index (χ2n) is 4.00. The van der Waals surface area contributed by atoms with Crippen LogP contribution in [-0.4, -0.2) is 16.7 Å². The Kier molecular flexibility index (Phi) is 4.01. The molecule has 82 valence electrons. The van der Waals surface area contributed by atoms with Gasteiger partial charge in [-0.05, 0) is 18.6 Å². The number of hydrogen-bond acceptors (Lipinski definition) is 1. The van der Waals surface area contributed by atoms with Crippen molar-refractivity contribution in [1.29, 1.82) is 0 Å². The normalized spacial score (nSPS) is 24.5. The standard InChI is InChI=1S/C12H16N2.CH4/c1-3-12-11(7-9(2)14-12)10-5-4-6-13-8-10;/h4-6,8-9,11H,3,7H2,1-2H3;1H4/p+1/t9-,11+;/m0./s1. The lowest BCUT2D eigenvalue weighted by atomic mass is 9.92. The molecule has 0 unspecified atom stereocenters. The van der Waals surface area contributed by atoms with Crippen molar-refractivity contribution >= 4 is 5.71 Å². The Labute approximate surface area is 92.5 Å². The summed E-state index contributed by atoms with van der Waals surface area (Å²) in [6, 6.07) is 4.80. The number of hydrogen-bond donors (Lipinski definition) is 1. The van der Waals surface area contributed by atoms with Gasteiger partial charge in [-0.25, -0.2) is 4.99 Å². The molecule has 0 amide bonds. The summed E-state index contributed by atoms with van der Waals surface area (Å²) in [6.45, 7) is 4.45. The maximum absolute atomic E-state index is 4.18. The summed E-state index contributed by atoms with van der Waals surface area (Å²) in [5, 5.41) is 0. The number of pyridine rings is 1. The van der Waals surface area contributed by atoms with Gasteiger partial charge in [0.05, 0.1) is 5.92 Å². The van der Waals surface area contributed by atoms with Crippen LogP contribution in [0.5, 0.6) is 0 Å². The zero-order valence-corrected chi connectivity index (χ0v) is 8.83. The summed E-state index contributed by atoms with van der Waals surface area (Å²) in [7, 11) is 0.